The number of H-pyrrole nitrogens is 1. The minimum atomic E-state index is 0.145. The van der Waals surface area contributed by atoms with Crippen LogP contribution in [0.1, 0.15) is 31.2 Å². The van der Waals surface area contributed by atoms with E-state index < -0.39 is 0 Å². The van der Waals surface area contributed by atoms with Gasteiger partial charge in [-0.05, 0) is 43.9 Å². The summed E-state index contributed by atoms with van der Waals surface area (Å²) in [7, 11) is 0. The number of rotatable bonds is 8. The summed E-state index contributed by atoms with van der Waals surface area (Å²) in [5.41, 5.74) is 2.36. The molecular formula is C17H23N3O. The van der Waals surface area contributed by atoms with Gasteiger partial charge in [-0.3, -0.25) is 4.79 Å². The third-order valence-electron chi connectivity index (χ3n) is 3.98. The van der Waals surface area contributed by atoms with Gasteiger partial charge >= 0.3 is 0 Å². The van der Waals surface area contributed by atoms with Gasteiger partial charge in [0.1, 0.15) is 0 Å². The number of carbonyl (C=O) groups excluding carboxylic acids is 1. The van der Waals surface area contributed by atoms with Crippen molar-refractivity contribution < 1.29 is 4.79 Å². The lowest BCUT2D eigenvalue weighted by Gasteiger charge is -2.05. The molecule has 0 radical (unpaired) electrons. The third kappa shape index (κ3) is 4.08. The van der Waals surface area contributed by atoms with Crippen LogP contribution in [0.15, 0.2) is 30.5 Å². The van der Waals surface area contributed by atoms with Crippen molar-refractivity contribution in [3.63, 3.8) is 0 Å². The lowest BCUT2D eigenvalue weighted by atomic mass is 10.1. The van der Waals surface area contributed by atoms with Gasteiger partial charge in [-0.1, -0.05) is 18.2 Å². The van der Waals surface area contributed by atoms with Gasteiger partial charge in [0, 0.05) is 36.1 Å². The molecule has 1 fully saturated rings. The standard InChI is InChI=1S/C17H23N3O/c21-17(19-11-3-10-18-14-7-8-14)9-6-13-12-20-16-5-2-1-4-15(13)16/h1-2,4-5,12,14,18,20H,3,6-11H2,(H,19,21). The zero-order valence-electron chi connectivity index (χ0n) is 12.3. The van der Waals surface area contributed by atoms with Gasteiger partial charge < -0.3 is 15.6 Å². The summed E-state index contributed by atoms with van der Waals surface area (Å²) in [4.78, 5) is 15.1. The van der Waals surface area contributed by atoms with Crippen molar-refractivity contribution in [2.75, 3.05) is 13.1 Å². The number of aryl methyl sites for hydroxylation is 1. The maximum atomic E-state index is 11.8. The van der Waals surface area contributed by atoms with Crippen LogP contribution in [0, 0.1) is 0 Å². The molecule has 0 saturated heterocycles. The Hall–Kier alpha value is -1.81. The lowest BCUT2D eigenvalue weighted by Crippen LogP contribution is -2.28. The predicted octanol–water partition coefficient (Wildman–Crippen LogP) is 2.36. The van der Waals surface area contributed by atoms with Gasteiger partial charge in [0.15, 0.2) is 0 Å². The number of hydrogen-bond donors (Lipinski definition) is 3. The normalized spacial score (nSPS) is 14.5. The predicted molar refractivity (Wildman–Crippen MR) is 85.3 cm³/mol. The van der Waals surface area contributed by atoms with E-state index in [1.54, 1.807) is 0 Å². The number of aromatic nitrogens is 1. The van der Waals surface area contributed by atoms with Crippen LogP contribution in [-0.2, 0) is 11.2 Å². The summed E-state index contributed by atoms with van der Waals surface area (Å²) >= 11 is 0. The molecule has 2 aromatic rings. The van der Waals surface area contributed by atoms with Crippen LogP contribution in [0.3, 0.4) is 0 Å². The largest absolute Gasteiger partial charge is 0.361 e. The van der Waals surface area contributed by atoms with Crippen LogP contribution in [0.25, 0.3) is 10.9 Å². The second-order valence-corrected chi connectivity index (χ2v) is 5.79. The zero-order chi connectivity index (χ0) is 14.5. The van der Waals surface area contributed by atoms with E-state index in [9.17, 15) is 4.79 Å². The molecule has 4 nitrogen and oxygen atoms in total. The summed E-state index contributed by atoms with van der Waals surface area (Å²) in [6.45, 7) is 1.78. The zero-order valence-corrected chi connectivity index (χ0v) is 12.3. The van der Waals surface area contributed by atoms with E-state index in [4.69, 9.17) is 0 Å². The first-order valence-corrected chi connectivity index (χ1v) is 7.88. The van der Waals surface area contributed by atoms with Gasteiger partial charge in [0.25, 0.3) is 0 Å². The highest BCUT2D eigenvalue weighted by Crippen LogP contribution is 2.19. The molecule has 1 amide bonds. The average molecular weight is 285 g/mol. The molecule has 3 N–H and O–H groups in total. The van der Waals surface area contributed by atoms with Gasteiger partial charge in [-0.25, -0.2) is 0 Å². The van der Waals surface area contributed by atoms with E-state index in [-0.39, 0.29) is 5.91 Å². The molecule has 3 rings (SSSR count). The summed E-state index contributed by atoms with van der Waals surface area (Å²) in [6, 6.07) is 8.97. The first kappa shape index (κ1) is 14.1. The van der Waals surface area contributed by atoms with Gasteiger partial charge in [0.2, 0.25) is 5.91 Å². The summed E-state index contributed by atoms with van der Waals surface area (Å²) in [5.74, 6) is 0.145. The van der Waals surface area contributed by atoms with Crippen LogP contribution in [0.4, 0.5) is 0 Å². The maximum Gasteiger partial charge on any atom is 0.220 e. The number of carbonyl (C=O) groups is 1. The Morgan fingerprint density at radius 2 is 2.10 bits per heavy atom. The third-order valence-corrected chi connectivity index (χ3v) is 3.98. The number of benzene rings is 1. The quantitative estimate of drug-likeness (QED) is 0.652. The monoisotopic (exact) mass is 285 g/mol. The molecule has 1 aromatic heterocycles. The van der Waals surface area contributed by atoms with Crippen LogP contribution in [0.5, 0.6) is 0 Å². The van der Waals surface area contributed by atoms with E-state index >= 15 is 0 Å². The van der Waals surface area contributed by atoms with Crippen LogP contribution < -0.4 is 10.6 Å². The minimum Gasteiger partial charge on any atom is -0.361 e. The van der Waals surface area contributed by atoms with Gasteiger partial charge in [-0.2, -0.15) is 0 Å². The molecule has 1 aliphatic carbocycles. The van der Waals surface area contributed by atoms with Crippen molar-refractivity contribution in [1.29, 1.82) is 0 Å². The van der Waals surface area contributed by atoms with Crippen molar-refractivity contribution in [1.82, 2.24) is 15.6 Å². The summed E-state index contributed by atoms with van der Waals surface area (Å²) < 4.78 is 0. The molecular weight excluding hydrogens is 262 g/mol. The fourth-order valence-electron chi connectivity index (χ4n) is 2.58. The summed E-state index contributed by atoms with van der Waals surface area (Å²) in [6.07, 6.45) is 6.99. The van der Waals surface area contributed by atoms with E-state index in [1.165, 1.54) is 23.8 Å². The molecule has 0 bridgehead atoms. The first-order chi connectivity index (χ1) is 10.3. The van der Waals surface area contributed by atoms with Crippen molar-refractivity contribution in [3.8, 4) is 0 Å². The Balaban J connectivity index is 1.36. The van der Waals surface area contributed by atoms with Crippen LogP contribution in [-0.4, -0.2) is 30.0 Å². The Labute approximate surface area is 125 Å². The van der Waals surface area contributed by atoms with E-state index in [0.717, 1.165) is 37.5 Å². The first-order valence-electron chi connectivity index (χ1n) is 7.88. The highest BCUT2D eigenvalue weighted by atomic mass is 16.1. The fraction of sp³-hybridized carbons (Fsp3) is 0.471. The van der Waals surface area contributed by atoms with E-state index in [2.05, 4.69) is 27.8 Å². The summed E-state index contributed by atoms with van der Waals surface area (Å²) in [5, 5.41) is 7.67. The molecule has 4 heteroatoms. The minimum absolute atomic E-state index is 0.145. The SMILES string of the molecule is O=C(CCc1c[nH]c2ccccc12)NCCCNC1CC1. The number of para-hydroxylation sites is 1. The molecule has 1 heterocycles. The molecule has 0 unspecified atom stereocenters. The second kappa shape index (κ2) is 6.76. The topological polar surface area (TPSA) is 56.9 Å². The van der Waals surface area contributed by atoms with Crippen molar-refractivity contribution in [2.45, 2.75) is 38.1 Å². The fourth-order valence-corrected chi connectivity index (χ4v) is 2.58. The highest BCUT2D eigenvalue weighted by Gasteiger charge is 2.19. The Bertz CT molecular complexity index is 601. The molecule has 1 saturated carbocycles. The van der Waals surface area contributed by atoms with Crippen molar-refractivity contribution >= 4 is 16.8 Å². The van der Waals surface area contributed by atoms with Crippen molar-refractivity contribution in [2.24, 2.45) is 0 Å². The van der Waals surface area contributed by atoms with Crippen molar-refractivity contribution in [3.05, 3.63) is 36.0 Å². The number of amides is 1. The molecule has 21 heavy (non-hydrogen) atoms. The van der Waals surface area contributed by atoms with Gasteiger partial charge in [-0.15, -0.1) is 0 Å². The molecule has 0 spiro atoms. The van der Waals surface area contributed by atoms with Crippen LogP contribution >= 0.6 is 0 Å². The number of nitrogens with one attached hydrogen (secondary N) is 3. The molecule has 0 atom stereocenters. The van der Waals surface area contributed by atoms with E-state index in [1.807, 2.05) is 18.3 Å². The molecule has 1 aromatic carbocycles. The second-order valence-electron chi connectivity index (χ2n) is 5.79. The average Bonchev–Trinajstić information content (AvgIpc) is 3.24. The smallest absolute Gasteiger partial charge is 0.220 e. The lowest BCUT2D eigenvalue weighted by molar-refractivity contribution is -0.121. The number of hydrogen-bond acceptors (Lipinski definition) is 2. The van der Waals surface area contributed by atoms with Gasteiger partial charge in [0.05, 0.1) is 0 Å². The Morgan fingerprint density at radius 1 is 1.24 bits per heavy atom. The van der Waals surface area contributed by atoms with Crippen LogP contribution in [0.2, 0.25) is 0 Å². The molecule has 112 valence electrons. The number of fused-ring (bicyclic) bond motifs is 1. The molecule has 0 aliphatic heterocycles. The number of aromatic amines is 1. The molecule has 1 aliphatic rings. The maximum absolute atomic E-state index is 11.8. The Morgan fingerprint density at radius 3 is 2.95 bits per heavy atom. The van der Waals surface area contributed by atoms with E-state index in [0.29, 0.717) is 6.42 Å². The Kier molecular flexibility index (Phi) is 4.55. The highest BCUT2D eigenvalue weighted by molar-refractivity contribution is 5.84.